The monoisotopic (exact) mass is 389 g/mol. The number of fused-ring (bicyclic) bond motifs is 1. The third kappa shape index (κ3) is 4.86. The van der Waals surface area contributed by atoms with Crippen LogP contribution in [0.15, 0.2) is 52.8 Å². The maximum atomic E-state index is 12.2. The first-order valence-corrected chi connectivity index (χ1v) is 10.1. The lowest BCUT2D eigenvalue weighted by Crippen LogP contribution is -2.32. The second kappa shape index (κ2) is 8.86. The van der Waals surface area contributed by atoms with Crippen molar-refractivity contribution >= 4 is 34.0 Å². The highest BCUT2D eigenvalue weighted by molar-refractivity contribution is 7.99. The van der Waals surface area contributed by atoms with E-state index < -0.39 is 0 Å². The molecular formula is C18H19N3O3S2. The van der Waals surface area contributed by atoms with Crippen molar-refractivity contribution in [1.29, 1.82) is 0 Å². The molecule has 26 heavy (non-hydrogen) atoms. The summed E-state index contributed by atoms with van der Waals surface area (Å²) in [7, 11) is 1.76. The Morgan fingerprint density at radius 3 is 2.96 bits per heavy atom. The average Bonchev–Trinajstić information content (AvgIpc) is 3.11. The summed E-state index contributed by atoms with van der Waals surface area (Å²) < 4.78 is 7.12. The van der Waals surface area contributed by atoms with Crippen molar-refractivity contribution in [1.82, 2.24) is 14.3 Å². The highest BCUT2D eigenvalue weighted by atomic mass is 32.2. The first-order valence-electron chi connectivity index (χ1n) is 8.09. The third-order valence-corrected chi connectivity index (χ3v) is 5.40. The number of nitrogens with zero attached hydrogens (tertiary/aromatic N) is 3. The molecule has 0 N–H and O–H groups in total. The van der Waals surface area contributed by atoms with Crippen LogP contribution in [0.4, 0.5) is 0 Å². The maximum Gasteiger partial charge on any atom is 0.258 e. The molecular weight excluding hydrogens is 370 g/mol. The molecule has 1 aromatic carbocycles. The van der Waals surface area contributed by atoms with Gasteiger partial charge < -0.3 is 9.64 Å². The van der Waals surface area contributed by atoms with Crippen LogP contribution in [0.25, 0.3) is 4.96 Å². The topological polar surface area (TPSA) is 63.9 Å². The Morgan fingerprint density at radius 2 is 2.15 bits per heavy atom. The lowest BCUT2D eigenvalue weighted by atomic mass is 10.3. The third-order valence-electron chi connectivity index (χ3n) is 3.70. The number of amides is 1. The van der Waals surface area contributed by atoms with Crippen LogP contribution in [0.1, 0.15) is 5.69 Å². The summed E-state index contributed by atoms with van der Waals surface area (Å²) in [5, 5.41) is 1.83. The minimum absolute atomic E-state index is 0.0283. The van der Waals surface area contributed by atoms with E-state index in [1.54, 1.807) is 18.1 Å². The van der Waals surface area contributed by atoms with Gasteiger partial charge in [0.15, 0.2) is 4.96 Å². The zero-order valence-electron chi connectivity index (χ0n) is 14.3. The van der Waals surface area contributed by atoms with E-state index >= 15 is 0 Å². The largest absolute Gasteiger partial charge is 0.492 e. The molecule has 0 radical (unpaired) electrons. The van der Waals surface area contributed by atoms with E-state index in [1.165, 1.54) is 33.6 Å². The number of benzene rings is 1. The summed E-state index contributed by atoms with van der Waals surface area (Å²) in [5.74, 6) is 1.70. The first-order chi connectivity index (χ1) is 12.6. The fraction of sp³-hybridized carbons (Fsp3) is 0.278. The molecule has 3 rings (SSSR count). The first kappa shape index (κ1) is 18.5. The highest BCUT2D eigenvalue weighted by Crippen LogP contribution is 2.13. The molecule has 0 atom stereocenters. The zero-order chi connectivity index (χ0) is 18.4. The molecule has 6 nitrogen and oxygen atoms in total. The van der Waals surface area contributed by atoms with E-state index in [1.807, 2.05) is 35.7 Å². The van der Waals surface area contributed by atoms with Gasteiger partial charge >= 0.3 is 0 Å². The molecule has 2 heterocycles. The maximum absolute atomic E-state index is 12.2. The van der Waals surface area contributed by atoms with E-state index in [9.17, 15) is 9.59 Å². The van der Waals surface area contributed by atoms with Crippen molar-refractivity contribution in [3.63, 3.8) is 0 Å². The number of hydrogen-bond acceptors (Lipinski definition) is 6. The normalized spacial score (nSPS) is 10.8. The van der Waals surface area contributed by atoms with Gasteiger partial charge in [0.25, 0.3) is 5.56 Å². The number of ether oxygens (including phenoxy) is 1. The van der Waals surface area contributed by atoms with Crippen LogP contribution in [-0.4, -0.2) is 46.1 Å². The molecule has 0 unspecified atom stereocenters. The number of carbonyl (C=O) groups excluding carboxylic acids is 1. The lowest BCUT2D eigenvalue weighted by Gasteiger charge is -2.17. The fourth-order valence-electron chi connectivity index (χ4n) is 2.26. The van der Waals surface area contributed by atoms with Gasteiger partial charge in [-0.05, 0) is 12.1 Å². The summed E-state index contributed by atoms with van der Waals surface area (Å²) in [6, 6.07) is 11.0. The summed E-state index contributed by atoms with van der Waals surface area (Å²) >= 11 is 2.88. The zero-order valence-corrected chi connectivity index (χ0v) is 16.0. The number of thiazole rings is 1. The number of likely N-dealkylation sites (N-methyl/N-ethyl adjacent to an activating group) is 1. The Kier molecular flexibility index (Phi) is 6.30. The van der Waals surface area contributed by atoms with Crippen molar-refractivity contribution in [3.8, 4) is 5.75 Å². The number of hydrogen-bond donors (Lipinski definition) is 0. The Balaban J connectivity index is 1.42. The quantitative estimate of drug-likeness (QED) is 0.592. The summed E-state index contributed by atoms with van der Waals surface area (Å²) in [5.41, 5.74) is 0.610. The molecule has 2 aromatic heterocycles. The van der Waals surface area contributed by atoms with E-state index in [-0.39, 0.29) is 11.5 Å². The number of aromatic nitrogens is 2. The summed E-state index contributed by atoms with van der Waals surface area (Å²) in [6.07, 6.45) is 1.71. The highest BCUT2D eigenvalue weighted by Gasteiger charge is 2.10. The fourth-order valence-corrected chi connectivity index (χ4v) is 3.85. The van der Waals surface area contributed by atoms with Crippen molar-refractivity contribution < 1.29 is 9.53 Å². The molecule has 1 amide bonds. The van der Waals surface area contributed by atoms with Crippen LogP contribution in [-0.2, 0) is 10.5 Å². The van der Waals surface area contributed by atoms with Crippen LogP contribution < -0.4 is 10.3 Å². The van der Waals surface area contributed by atoms with E-state index in [0.717, 1.165) is 5.75 Å². The van der Waals surface area contributed by atoms with Crippen LogP contribution in [0.5, 0.6) is 5.75 Å². The molecule has 0 aliphatic carbocycles. The van der Waals surface area contributed by atoms with Gasteiger partial charge in [-0.25, -0.2) is 4.98 Å². The van der Waals surface area contributed by atoms with Crippen molar-refractivity contribution in [2.75, 3.05) is 26.0 Å². The van der Waals surface area contributed by atoms with Crippen LogP contribution in [0.3, 0.4) is 0 Å². The predicted octanol–water partition coefficient (Wildman–Crippen LogP) is 2.53. The van der Waals surface area contributed by atoms with E-state index in [2.05, 4.69) is 4.98 Å². The van der Waals surface area contributed by atoms with Crippen LogP contribution >= 0.6 is 23.1 Å². The number of thioether (sulfide) groups is 1. The van der Waals surface area contributed by atoms with Gasteiger partial charge in [-0.2, -0.15) is 0 Å². The van der Waals surface area contributed by atoms with Gasteiger partial charge in [-0.1, -0.05) is 18.2 Å². The smallest absolute Gasteiger partial charge is 0.258 e. The predicted molar refractivity (Wildman–Crippen MR) is 105 cm³/mol. The van der Waals surface area contributed by atoms with Gasteiger partial charge in [0.2, 0.25) is 5.91 Å². The van der Waals surface area contributed by atoms with Crippen molar-refractivity contribution in [2.45, 2.75) is 5.75 Å². The van der Waals surface area contributed by atoms with E-state index in [0.29, 0.717) is 35.3 Å². The number of carbonyl (C=O) groups is 1. The second-order valence-electron chi connectivity index (χ2n) is 5.61. The Labute approximate surface area is 159 Å². The molecule has 0 spiro atoms. The number of rotatable bonds is 8. The standard InChI is InChI=1S/C18H19N3O3S2/c1-20(7-9-24-15-5-3-2-4-6-15)17(23)13-25-12-14-11-16(22)21-8-10-26-18(21)19-14/h2-6,8,10-11H,7,9,12-13H2,1H3. The lowest BCUT2D eigenvalue weighted by molar-refractivity contribution is -0.127. The van der Waals surface area contributed by atoms with Crippen LogP contribution in [0.2, 0.25) is 0 Å². The summed E-state index contributed by atoms with van der Waals surface area (Å²) in [4.78, 5) is 30.9. The van der Waals surface area contributed by atoms with Crippen molar-refractivity contribution in [2.24, 2.45) is 0 Å². The molecule has 0 aliphatic rings. The van der Waals surface area contributed by atoms with Gasteiger partial charge in [-0.3, -0.25) is 14.0 Å². The van der Waals surface area contributed by atoms with E-state index in [4.69, 9.17) is 4.74 Å². The molecule has 0 bridgehead atoms. The average molecular weight is 390 g/mol. The minimum atomic E-state index is -0.0895. The number of para-hydroxylation sites is 1. The Hall–Kier alpha value is -2.32. The van der Waals surface area contributed by atoms with Gasteiger partial charge in [-0.15, -0.1) is 23.1 Å². The Bertz CT molecular complexity index is 924. The van der Waals surface area contributed by atoms with Crippen LogP contribution in [0, 0.1) is 0 Å². The van der Waals surface area contributed by atoms with Crippen molar-refractivity contribution in [3.05, 3.63) is 64.0 Å². The molecule has 0 saturated heterocycles. The van der Waals surface area contributed by atoms with Gasteiger partial charge in [0.1, 0.15) is 12.4 Å². The molecule has 0 fully saturated rings. The molecule has 3 aromatic rings. The summed E-state index contributed by atoms with van der Waals surface area (Å²) in [6.45, 7) is 0.972. The van der Waals surface area contributed by atoms with Gasteiger partial charge in [0, 0.05) is 30.4 Å². The minimum Gasteiger partial charge on any atom is -0.492 e. The molecule has 0 saturated carbocycles. The SMILES string of the molecule is CN(CCOc1ccccc1)C(=O)CSCc1cc(=O)n2ccsc2n1. The Morgan fingerprint density at radius 1 is 1.35 bits per heavy atom. The molecule has 0 aliphatic heterocycles. The molecule has 8 heteroatoms. The van der Waals surface area contributed by atoms with Gasteiger partial charge in [0.05, 0.1) is 18.0 Å². The second-order valence-corrected chi connectivity index (χ2v) is 7.47. The molecule has 136 valence electrons.